The van der Waals surface area contributed by atoms with Gasteiger partial charge in [0.1, 0.15) is 6.04 Å². The molecule has 1 atom stereocenters. The first kappa shape index (κ1) is 17.4. The van der Waals surface area contributed by atoms with Crippen molar-refractivity contribution in [3.8, 4) is 5.69 Å². The van der Waals surface area contributed by atoms with Crippen molar-refractivity contribution in [2.24, 2.45) is 0 Å². The standard InChI is InChI=1S/C20H20N4O2/c1-2-18(25)22-19(15-9-5-3-6-10-15)20(26)21-17-13-14-24(23-17)16-11-7-4-8-12-16/h3-14,19H,2H2,1H3,(H,22,25)(H,21,23,26)/t19-/m0/s1. The summed E-state index contributed by atoms with van der Waals surface area (Å²) in [7, 11) is 0. The lowest BCUT2D eigenvalue weighted by Gasteiger charge is -2.18. The second-order valence-electron chi connectivity index (χ2n) is 5.74. The van der Waals surface area contributed by atoms with Crippen LogP contribution >= 0.6 is 0 Å². The molecule has 1 heterocycles. The maximum atomic E-state index is 12.7. The maximum Gasteiger partial charge on any atom is 0.252 e. The van der Waals surface area contributed by atoms with Crippen molar-refractivity contribution in [1.29, 1.82) is 0 Å². The van der Waals surface area contributed by atoms with Gasteiger partial charge in [0.05, 0.1) is 5.69 Å². The van der Waals surface area contributed by atoms with Gasteiger partial charge < -0.3 is 10.6 Å². The van der Waals surface area contributed by atoms with Crippen molar-refractivity contribution in [3.05, 3.63) is 78.5 Å². The van der Waals surface area contributed by atoms with Crippen LogP contribution in [-0.2, 0) is 9.59 Å². The van der Waals surface area contributed by atoms with Crippen LogP contribution in [0.5, 0.6) is 0 Å². The zero-order valence-corrected chi connectivity index (χ0v) is 14.4. The molecule has 0 radical (unpaired) electrons. The van der Waals surface area contributed by atoms with Crippen LogP contribution in [-0.4, -0.2) is 21.6 Å². The Labute approximate surface area is 151 Å². The highest BCUT2D eigenvalue weighted by Gasteiger charge is 2.22. The first-order valence-corrected chi connectivity index (χ1v) is 8.43. The van der Waals surface area contributed by atoms with Crippen LogP contribution in [0.3, 0.4) is 0 Å². The molecule has 1 aromatic heterocycles. The van der Waals surface area contributed by atoms with Crippen molar-refractivity contribution in [1.82, 2.24) is 15.1 Å². The van der Waals surface area contributed by atoms with E-state index < -0.39 is 6.04 Å². The van der Waals surface area contributed by atoms with Crippen molar-refractivity contribution in [2.45, 2.75) is 19.4 Å². The molecule has 0 unspecified atom stereocenters. The summed E-state index contributed by atoms with van der Waals surface area (Å²) < 4.78 is 1.68. The number of nitrogens with one attached hydrogen (secondary N) is 2. The highest BCUT2D eigenvalue weighted by atomic mass is 16.2. The van der Waals surface area contributed by atoms with Gasteiger partial charge in [0.15, 0.2) is 5.82 Å². The van der Waals surface area contributed by atoms with Crippen molar-refractivity contribution in [2.75, 3.05) is 5.32 Å². The minimum atomic E-state index is -0.773. The molecule has 2 N–H and O–H groups in total. The molecule has 0 spiro atoms. The Morgan fingerprint density at radius 3 is 2.31 bits per heavy atom. The average Bonchev–Trinajstić information content (AvgIpc) is 3.15. The van der Waals surface area contributed by atoms with Gasteiger partial charge in [0.2, 0.25) is 5.91 Å². The number of para-hydroxylation sites is 1. The van der Waals surface area contributed by atoms with Gasteiger partial charge in [-0.3, -0.25) is 9.59 Å². The normalized spacial score (nSPS) is 11.6. The predicted octanol–water partition coefficient (Wildman–Crippen LogP) is 3.08. The Bertz CT molecular complexity index is 875. The molecule has 132 valence electrons. The lowest BCUT2D eigenvalue weighted by molar-refractivity contribution is -0.126. The molecule has 6 heteroatoms. The molecular weight excluding hydrogens is 328 g/mol. The number of amides is 2. The SMILES string of the molecule is CCC(=O)N[C@H](C(=O)Nc1ccn(-c2ccccc2)n1)c1ccccc1. The van der Waals surface area contributed by atoms with Gasteiger partial charge in [-0.15, -0.1) is 0 Å². The molecule has 3 aromatic rings. The summed E-state index contributed by atoms with van der Waals surface area (Å²) >= 11 is 0. The third-order valence-corrected chi connectivity index (χ3v) is 3.88. The first-order chi connectivity index (χ1) is 12.7. The van der Waals surface area contributed by atoms with E-state index >= 15 is 0 Å². The minimum absolute atomic E-state index is 0.191. The fourth-order valence-electron chi connectivity index (χ4n) is 2.52. The van der Waals surface area contributed by atoms with Crippen molar-refractivity contribution < 1.29 is 9.59 Å². The van der Waals surface area contributed by atoms with Crippen LogP contribution in [0.25, 0.3) is 5.69 Å². The maximum absolute atomic E-state index is 12.7. The van der Waals surface area contributed by atoms with Gasteiger partial charge in [-0.05, 0) is 17.7 Å². The Hall–Kier alpha value is -3.41. The van der Waals surface area contributed by atoms with Gasteiger partial charge in [-0.1, -0.05) is 55.5 Å². The van der Waals surface area contributed by atoms with Gasteiger partial charge in [0, 0.05) is 18.7 Å². The van der Waals surface area contributed by atoms with E-state index in [4.69, 9.17) is 0 Å². The molecule has 2 aromatic carbocycles. The Balaban J connectivity index is 1.77. The molecule has 0 fully saturated rings. The van der Waals surface area contributed by atoms with Crippen molar-refractivity contribution >= 4 is 17.6 Å². The van der Waals surface area contributed by atoms with Crippen LogP contribution < -0.4 is 10.6 Å². The number of hydrogen-bond acceptors (Lipinski definition) is 3. The number of nitrogens with zero attached hydrogens (tertiary/aromatic N) is 2. The highest BCUT2D eigenvalue weighted by Crippen LogP contribution is 2.16. The first-order valence-electron chi connectivity index (χ1n) is 8.43. The quantitative estimate of drug-likeness (QED) is 0.719. The van der Waals surface area contributed by atoms with E-state index in [0.717, 1.165) is 5.69 Å². The van der Waals surface area contributed by atoms with E-state index in [0.29, 0.717) is 17.8 Å². The number of benzene rings is 2. The fraction of sp³-hybridized carbons (Fsp3) is 0.150. The summed E-state index contributed by atoms with van der Waals surface area (Å²) in [5, 5.41) is 9.90. The van der Waals surface area contributed by atoms with E-state index in [1.165, 1.54) is 0 Å². The van der Waals surface area contributed by atoms with Gasteiger partial charge in [-0.2, -0.15) is 5.10 Å². The van der Waals surface area contributed by atoms with E-state index in [1.807, 2.05) is 60.7 Å². The molecule has 0 saturated heterocycles. The van der Waals surface area contributed by atoms with E-state index in [1.54, 1.807) is 23.9 Å². The molecule has 0 aliphatic heterocycles. The van der Waals surface area contributed by atoms with E-state index in [9.17, 15) is 9.59 Å². The van der Waals surface area contributed by atoms with Crippen LogP contribution in [0, 0.1) is 0 Å². The number of aromatic nitrogens is 2. The zero-order chi connectivity index (χ0) is 18.4. The second kappa shape index (κ2) is 8.11. The van der Waals surface area contributed by atoms with E-state index in [-0.39, 0.29) is 11.8 Å². The topological polar surface area (TPSA) is 76.0 Å². The van der Waals surface area contributed by atoms with Crippen LogP contribution in [0.2, 0.25) is 0 Å². The Morgan fingerprint density at radius 1 is 1.00 bits per heavy atom. The third kappa shape index (κ3) is 4.16. The van der Waals surface area contributed by atoms with Crippen molar-refractivity contribution in [3.63, 3.8) is 0 Å². The van der Waals surface area contributed by atoms with Gasteiger partial charge in [-0.25, -0.2) is 4.68 Å². The number of rotatable bonds is 6. The second-order valence-corrected chi connectivity index (χ2v) is 5.74. The molecule has 26 heavy (non-hydrogen) atoms. The molecule has 2 amide bonds. The monoisotopic (exact) mass is 348 g/mol. The summed E-state index contributed by atoms with van der Waals surface area (Å²) in [5.41, 5.74) is 1.61. The number of hydrogen-bond donors (Lipinski definition) is 2. The molecule has 6 nitrogen and oxygen atoms in total. The highest BCUT2D eigenvalue weighted by molar-refractivity contribution is 5.97. The molecular formula is C20H20N4O2. The average molecular weight is 348 g/mol. The molecule has 0 aliphatic carbocycles. The van der Waals surface area contributed by atoms with Crippen LogP contribution in [0.1, 0.15) is 24.9 Å². The van der Waals surface area contributed by atoms with Gasteiger partial charge >= 0.3 is 0 Å². The number of carbonyl (C=O) groups excluding carboxylic acids is 2. The molecule has 0 aliphatic rings. The number of carbonyl (C=O) groups is 2. The Morgan fingerprint density at radius 2 is 1.65 bits per heavy atom. The molecule has 0 bridgehead atoms. The predicted molar refractivity (Wildman–Crippen MR) is 99.8 cm³/mol. The number of anilines is 1. The van der Waals surface area contributed by atoms with Crippen LogP contribution in [0.15, 0.2) is 72.9 Å². The lowest BCUT2D eigenvalue weighted by atomic mass is 10.1. The van der Waals surface area contributed by atoms with Gasteiger partial charge in [0.25, 0.3) is 5.91 Å². The van der Waals surface area contributed by atoms with Crippen LogP contribution in [0.4, 0.5) is 5.82 Å². The fourth-order valence-corrected chi connectivity index (χ4v) is 2.52. The summed E-state index contributed by atoms with van der Waals surface area (Å²) in [6, 6.07) is 19.7. The molecule has 0 saturated carbocycles. The summed E-state index contributed by atoms with van der Waals surface area (Å²) in [4.78, 5) is 24.6. The zero-order valence-electron chi connectivity index (χ0n) is 14.4. The minimum Gasteiger partial charge on any atom is -0.341 e. The summed E-state index contributed by atoms with van der Waals surface area (Å²) in [5.74, 6) is -0.106. The largest absolute Gasteiger partial charge is 0.341 e. The molecule has 3 rings (SSSR count). The van der Waals surface area contributed by atoms with E-state index in [2.05, 4.69) is 15.7 Å². The summed E-state index contributed by atoms with van der Waals surface area (Å²) in [6.45, 7) is 1.75. The third-order valence-electron chi connectivity index (χ3n) is 3.88. The smallest absolute Gasteiger partial charge is 0.252 e. The summed E-state index contributed by atoms with van der Waals surface area (Å²) in [6.07, 6.45) is 2.08. The lowest BCUT2D eigenvalue weighted by Crippen LogP contribution is -2.36. The Kier molecular flexibility index (Phi) is 5.43.